The molecule has 0 radical (unpaired) electrons. The van der Waals surface area contributed by atoms with Crippen LogP contribution in [0.2, 0.25) is 5.02 Å². The molecule has 0 saturated heterocycles. The van der Waals surface area contributed by atoms with Gasteiger partial charge in [0.2, 0.25) is 5.13 Å². The Kier molecular flexibility index (Phi) is 6.60. The zero-order chi connectivity index (χ0) is 15.1. The lowest BCUT2D eigenvalue weighted by molar-refractivity contribution is 0.411. The molecule has 2 rings (SSSR count). The number of ether oxygens (including phenoxy) is 1. The first kappa shape index (κ1) is 16.4. The quantitative estimate of drug-likeness (QED) is 0.556. The van der Waals surface area contributed by atoms with Crippen LogP contribution in [0.25, 0.3) is 0 Å². The van der Waals surface area contributed by atoms with Crippen LogP contribution in [0.5, 0.6) is 5.75 Å². The maximum atomic E-state index is 6.03. The van der Waals surface area contributed by atoms with Crippen LogP contribution in [-0.2, 0) is 5.75 Å². The molecule has 21 heavy (non-hydrogen) atoms. The summed E-state index contributed by atoms with van der Waals surface area (Å²) in [5.41, 5.74) is 1.06. The van der Waals surface area contributed by atoms with Gasteiger partial charge < -0.3 is 10.1 Å². The van der Waals surface area contributed by atoms with E-state index in [0.29, 0.717) is 5.02 Å². The third-order valence-corrected chi connectivity index (χ3v) is 5.10. The second-order valence-corrected chi connectivity index (χ2v) is 7.03. The smallest absolute Gasteiger partial charge is 0.206 e. The summed E-state index contributed by atoms with van der Waals surface area (Å²) in [6, 6.07) is 5.64. The monoisotopic (exact) mass is 343 g/mol. The van der Waals surface area contributed by atoms with E-state index >= 15 is 0 Å². The Morgan fingerprint density at radius 2 is 2.24 bits per heavy atom. The molecule has 1 aromatic heterocycles. The average molecular weight is 344 g/mol. The Morgan fingerprint density at radius 1 is 1.38 bits per heavy atom. The van der Waals surface area contributed by atoms with Crippen LogP contribution in [0.1, 0.15) is 25.3 Å². The number of nitrogens with one attached hydrogen (secondary N) is 1. The molecule has 0 fully saturated rings. The van der Waals surface area contributed by atoms with Crippen molar-refractivity contribution in [2.45, 2.75) is 29.9 Å². The number of hydrogen-bond acceptors (Lipinski definition) is 6. The van der Waals surface area contributed by atoms with E-state index in [4.69, 9.17) is 16.3 Å². The number of aromatic nitrogens is 2. The van der Waals surface area contributed by atoms with Crippen LogP contribution in [-0.4, -0.2) is 23.9 Å². The molecule has 0 aliphatic heterocycles. The number of nitrogens with zero attached hydrogens (tertiary/aromatic N) is 2. The Hall–Kier alpha value is -0.980. The molecule has 0 amide bonds. The third kappa shape index (κ3) is 5.05. The number of thioether (sulfide) groups is 1. The Balaban J connectivity index is 1.92. The van der Waals surface area contributed by atoms with Crippen molar-refractivity contribution in [3.8, 4) is 5.75 Å². The first-order valence-corrected chi connectivity index (χ1v) is 8.93. The van der Waals surface area contributed by atoms with Crippen molar-refractivity contribution in [1.82, 2.24) is 10.2 Å². The standard InChI is InChI=1S/C14H18ClN3OS2/c1-3-4-7-16-13-17-18-14(21-13)20-9-10-8-11(15)5-6-12(10)19-2/h5-6,8H,3-4,7,9H2,1-2H3,(H,16,17). The van der Waals surface area contributed by atoms with Gasteiger partial charge in [-0.2, -0.15) is 0 Å². The van der Waals surface area contributed by atoms with E-state index in [1.807, 2.05) is 18.2 Å². The number of rotatable bonds is 8. The molecule has 0 atom stereocenters. The molecule has 0 spiro atoms. The SMILES string of the molecule is CCCCNc1nnc(SCc2cc(Cl)ccc2OC)s1. The van der Waals surface area contributed by atoms with Gasteiger partial charge in [0.05, 0.1) is 7.11 Å². The Labute approximate surface area is 138 Å². The molecule has 1 heterocycles. The van der Waals surface area contributed by atoms with Crippen LogP contribution >= 0.6 is 34.7 Å². The van der Waals surface area contributed by atoms with Crippen molar-refractivity contribution in [2.75, 3.05) is 19.0 Å². The first-order chi connectivity index (χ1) is 10.2. The van der Waals surface area contributed by atoms with Crippen LogP contribution in [0, 0.1) is 0 Å². The molecular formula is C14H18ClN3OS2. The maximum Gasteiger partial charge on any atom is 0.206 e. The summed E-state index contributed by atoms with van der Waals surface area (Å²) in [4.78, 5) is 0. The van der Waals surface area contributed by atoms with Crippen molar-refractivity contribution >= 4 is 39.8 Å². The normalized spacial score (nSPS) is 10.6. The first-order valence-electron chi connectivity index (χ1n) is 6.75. The lowest BCUT2D eigenvalue weighted by Gasteiger charge is -2.07. The van der Waals surface area contributed by atoms with E-state index in [1.165, 1.54) is 6.42 Å². The minimum absolute atomic E-state index is 0.714. The number of unbranched alkanes of at least 4 members (excludes halogenated alkanes) is 1. The van der Waals surface area contributed by atoms with Crippen molar-refractivity contribution in [3.63, 3.8) is 0 Å². The summed E-state index contributed by atoms with van der Waals surface area (Å²) in [6.45, 7) is 3.11. The topological polar surface area (TPSA) is 47.0 Å². The second-order valence-electron chi connectivity index (χ2n) is 4.40. The van der Waals surface area contributed by atoms with Crippen LogP contribution in [0.3, 0.4) is 0 Å². The largest absolute Gasteiger partial charge is 0.496 e. The summed E-state index contributed by atoms with van der Waals surface area (Å²) >= 11 is 9.24. The predicted octanol–water partition coefficient (Wildman–Crippen LogP) is 4.70. The number of benzene rings is 1. The fourth-order valence-corrected chi connectivity index (χ4v) is 3.66. The highest BCUT2D eigenvalue weighted by atomic mass is 35.5. The number of methoxy groups -OCH3 is 1. The van der Waals surface area contributed by atoms with E-state index in [2.05, 4.69) is 22.4 Å². The molecule has 0 unspecified atom stereocenters. The highest BCUT2D eigenvalue weighted by Gasteiger charge is 2.08. The highest BCUT2D eigenvalue weighted by molar-refractivity contribution is 8.00. The van der Waals surface area contributed by atoms with E-state index in [1.54, 1.807) is 30.2 Å². The zero-order valence-corrected chi connectivity index (χ0v) is 14.4. The van der Waals surface area contributed by atoms with Gasteiger partial charge in [0.15, 0.2) is 4.34 Å². The minimum Gasteiger partial charge on any atom is -0.496 e. The molecule has 1 aromatic carbocycles. The molecule has 7 heteroatoms. The van der Waals surface area contributed by atoms with E-state index < -0.39 is 0 Å². The van der Waals surface area contributed by atoms with E-state index in [0.717, 1.165) is 39.5 Å². The molecule has 0 aliphatic carbocycles. The van der Waals surface area contributed by atoms with Crippen molar-refractivity contribution in [3.05, 3.63) is 28.8 Å². The van der Waals surface area contributed by atoms with Gasteiger partial charge in [0, 0.05) is 22.9 Å². The average Bonchev–Trinajstić information content (AvgIpc) is 2.93. The van der Waals surface area contributed by atoms with Gasteiger partial charge in [0.1, 0.15) is 5.75 Å². The minimum atomic E-state index is 0.714. The molecule has 0 aliphatic rings. The summed E-state index contributed by atoms with van der Waals surface area (Å²) in [5.74, 6) is 1.60. The highest BCUT2D eigenvalue weighted by Crippen LogP contribution is 2.32. The Bertz CT molecular complexity index is 577. The molecule has 2 aromatic rings. The number of halogens is 1. The molecule has 114 valence electrons. The molecular weight excluding hydrogens is 326 g/mol. The van der Waals surface area contributed by atoms with Gasteiger partial charge >= 0.3 is 0 Å². The van der Waals surface area contributed by atoms with Gasteiger partial charge in [-0.05, 0) is 24.6 Å². The van der Waals surface area contributed by atoms with Crippen molar-refractivity contribution in [1.29, 1.82) is 0 Å². The lowest BCUT2D eigenvalue weighted by Crippen LogP contribution is -1.99. The van der Waals surface area contributed by atoms with Gasteiger partial charge in [-0.1, -0.05) is 48.0 Å². The van der Waals surface area contributed by atoms with Crippen molar-refractivity contribution in [2.24, 2.45) is 0 Å². The summed E-state index contributed by atoms with van der Waals surface area (Å²) in [6.07, 6.45) is 2.31. The maximum absolute atomic E-state index is 6.03. The van der Waals surface area contributed by atoms with Crippen molar-refractivity contribution < 1.29 is 4.74 Å². The molecule has 0 saturated carbocycles. The second kappa shape index (κ2) is 8.46. The number of hydrogen-bond donors (Lipinski definition) is 1. The van der Waals surface area contributed by atoms with Gasteiger partial charge in [-0.15, -0.1) is 10.2 Å². The van der Waals surface area contributed by atoms with Crippen LogP contribution in [0.15, 0.2) is 22.5 Å². The fraction of sp³-hybridized carbons (Fsp3) is 0.429. The molecule has 0 bridgehead atoms. The van der Waals surface area contributed by atoms with Gasteiger partial charge in [-0.3, -0.25) is 0 Å². The lowest BCUT2D eigenvalue weighted by atomic mass is 10.2. The van der Waals surface area contributed by atoms with E-state index in [-0.39, 0.29) is 0 Å². The van der Waals surface area contributed by atoms with Gasteiger partial charge in [0.25, 0.3) is 0 Å². The Morgan fingerprint density at radius 3 is 3.00 bits per heavy atom. The molecule has 1 N–H and O–H groups in total. The third-order valence-electron chi connectivity index (χ3n) is 2.81. The molecule has 4 nitrogen and oxygen atoms in total. The number of anilines is 1. The zero-order valence-electron chi connectivity index (χ0n) is 12.1. The van der Waals surface area contributed by atoms with Crippen LogP contribution in [0.4, 0.5) is 5.13 Å². The fourth-order valence-electron chi connectivity index (χ4n) is 1.71. The van der Waals surface area contributed by atoms with E-state index in [9.17, 15) is 0 Å². The summed E-state index contributed by atoms with van der Waals surface area (Å²) in [5, 5.41) is 13.2. The summed E-state index contributed by atoms with van der Waals surface area (Å²) in [7, 11) is 1.66. The summed E-state index contributed by atoms with van der Waals surface area (Å²) < 4.78 is 6.28. The van der Waals surface area contributed by atoms with Gasteiger partial charge in [-0.25, -0.2) is 0 Å². The predicted molar refractivity (Wildman–Crippen MR) is 90.9 cm³/mol. The van der Waals surface area contributed by atoms with Crippen LogP contribution < -0.4 is 10.1 Å².